The number of carbonyl (C=O) groups is 1. The number of aliphatic hydroxyl groups excluding tert-OH is 1. The first kappa shape index (κ1) is 37.6. The number of carbonyl (C=O) groups excluding carboxylic acids is 1. The summed E-state index contributed by atoms with van der Waals surface area (Å²) < 4.78 is 59.4. The fourth-order valence-electron chi connectivity index (χ4n) is 9.79. The first-order valence-corrected chi connectivity index (χ1v) is 19.3. The van der Waals surface area contributed by atoms with E-state index in [1.807, 2.05) is 0 Å². The molecular weight excluding hydrogens is 581 g/mol. The van der Waals surface area contributed by atoms with E-state index in [9.17, 15) is 18.3 Å². The molecule has 0 saturated heterocycles. The van der Waals surface area contributed by atoms with Gasteiger partial charge in [-0.25, -0.2) is 0 Å². The number of aliphatic hydroxyl groups is 1. The van der Waals surface area contributed by atoms with Crippen LogP contribution in [-0.2, 0) is 25.3 Å². The van der Waals surface area contributed by atoms with Gasteiger partial charge in [0.1, 0.15) is 0 Å². The standard InChI is InChI=1S/C26H43O2.C2H7NO3S.Na.H2O4S/c1-5-18-20-10-6-7-14-25(20,3)22-13-15-26(4)19(17(2)9-8-16-27)11-12-21(26)23(22)24(18)28;3-1-2-7(4,5)6;;1-5(2,3)4/h17-24,28H,5-15H2,1-4H3;1-3H2,(H,4,5,6);;(H2,1,2,3,4)/t17-,18-,19-,20+,21?,22?,23?,24-,25+,26-;;;/m1.../s1. The minimum atomic E-state index is -4.67. The maximum Gasteiger partial charge on any atom is 0.394 e. The second-order valence-corrected chi connectivity index (χ2v) is 17.3. The fraction of sp³-hybridized carbons (Fsp3) is 0.964. The molecule has 0 aliphatic heterocycles. The Kier molecular flexibility index (Phi) is 13.8. The molecule has 0 radical (unpaired) electrons. The maximum absolute atomic E-state index is 11.7. The van der Waals surface area contributed by atoms with Gasteiger partial charge in [-0.05, 0) is 0 Å². The molecule has 3 unspecified atom stereocenters. The van der Waals surface area contributed by atoms with Gasteiger partial charge in [0.25, 0.3) is 10.1 Å². The third-order valence-corrected chi connectivity index (χ3v) is 12.7. The summed E-state index contributed by atoms with van der Waals surface area (Å²) in [4.78, 5) is 11.6. The van der Waals surface area contributed by atoms with E-state index in [2.05, 4.69) is 27.7 Å². The summed E-state index contributed by atoms with van der Waals surface area (Å²) >= 11 is 0.708. The molecule has 0 aromatic rings. The molecule has 236 valence electrons. The first-order chi connectivity index (χ1) is 18.8. The summed E-state index contributed by atoms with van der Waals surface area (Å²) in [5.41, 5.74) is 5.62. The Morgan fingerprint density at radius 3 is 2.02 bits per heavy atom. The molecule has 4 rings (SSSR count). The molecule has 4 saturated carbocycles. The van der Waals surface area contributed by atoms with Crippen molar-refractivity contribution >= 4 is 51.5 Å². The van der Waals surface area contributed by atoms with Gasteiger partial charge < -0.3 is 5.73 Å². The molecule has 0 aromatic heterocycles. The molecule has 0 aromatic carbocycles. The van der Waals surface area contributed by atoms with Gasteiger partial charge in [-0.2, -0.15) is 16.8 Å². The minimum absolute atomic E-state index is 0.0289. The van der Waals surface area contributed by atoms with Gasteiger partial charge in [0.2, 0.25) is 0 Å². The van der Waals surface area contributed by atoms with E-state index in [-0.39, 0.29) is 18.4 Å². The number of hydrogen-bond donors (Lipinski definition) is 5. The summed E-state index contributed by atoms with van der Waals surface area (Å²) in [5, 5.41) is 11.7. The summed E-state index contributed by atoms with van der Waals surface area (Å²) in [6.07, 6.45) is 13.8. The van der Waals surface area contributed by atoms with Crippen LogP contribution in [0.25, 0.3) is 0 Å². The van der Waals surface area contributed by atoms with E-state index in [1.54, 1.807) is 0 Å². The average molecular weight is 634 g/mol. The number of fused-ring (bicyclic) bond motifs is 5. The Bertz CT molecular complexity index is 1080. The van der Waals surface area contributed by atoms with Gasteiger partial charge in [-0.15, -0.1) is 0 Å². The van der Waals surface area contributed by atoms with Crippen molar-refractivity contribution in [2.75, 3.05) is 12.3 Å². The van der Waals surface area contributed by atoms with Crippen LogP contribution >= 0.6 is 0 Å². The van der Waals surface area contributed by atoms with E-state index in [0.29, 0.717) is 65.5 Å². The third kappa shape index (κ3) is 9.68. The molecule has 0 spiro atoms. The number of nitrogens with two attached hydrogens (primary N) is 1. The van der Waals surface area contributed by atoms with Crippen molar-refractivity contribution < 1.29 is 40.4 Å². The largest absolute Gasteiger partial charge is 0.394 e. The van der Waals surface area contributed by atoms with Crippen LogP contribution in [0.3, 0.4) is 0 Å². The van der Waals surface area contributed by atoms with E-state index in [1.165, 1.54) is 51.4 Å². The summed E-state index contributed by atoms with van der Waals surface area (Å²) in [7, 11) is -8.47. The summed E-state index contributed by atoms with van der Waals surface area (Å²) in [6, 6.07) is 0. The Hall–Kier alpha value is 0.370. The third-order valence-electron chi connectivity index (χ3n) is 11.4. The number of rotatable bonds is 7. The van der Waals surface area contributed by atoms with Crippen molar-refractivity contribution in [3.05, 3.63) is 0 Å². The molecule has 4 aliphatic carbocycles. The molecular formula is C28H52NNaO9S2. The quantitative estimate of drug-likeness (QED) is 0.203. The van der Waals surface area contributed by atoms with E-state index in [0.717, 1.165) is 37.0 Å². The molecule has 10 nitrogen and oxygen atoms in total. The second kappa shape index (κ2) is 15.1. The summed E-state index contributed by atoms with van der Waals surface area (Å²) in [6.45, 7) is 9.92. The van der Waals surface area contributed by atoms with Crippen LogP contribution in [-0.4, -0.2) is 85.0 Å². The topological polar surface area (TPSA) is 192 Å². The van der Waals surface area contributed by atoms with Crippen LogP contribution in [0, 0.1) is 52.3 Å². The molecule has 0 bridgehead atoms. The first-order valence-electron chi connectivity index (χ1n) is 15.3. The molecule has 4 fully saturated rings. The maximum atomic E-state index is 11.7. The van der Waals surface area contributed by atoms with Crippen LogP contribution in [0.1, 0.15) is 98.3 Å². The zero-order valence-electron chi connectivity index (χ0n) is 25.5. The molecule has 41 heavy (non-hydrogen) atoms. The van der Waals surface area contributed by atoms with Crippen LogP contribution in [0.4, 0.5) is 0 Å². The van der Waals surface area contributed by atoms with Crippen LogP contribution in [0.2, 0.25) is 0 Å². The summed E-state index contributed by atoms with van der Waals surface area (Å²) in [5.74, 6) is 4.27. The van der Waals surface area contributed by atoms with E-state index in [4.69, 9.17) is 27.8 Å². The SMILES string of the molecule is CC[C@H]1[C@@H](O)C2C3CC[C@H]([C@H](C)CC[C](=O)[Na])[C@@]3(C)CCC2[C@@]2(C)CCCC[C@@H]12.NCCS(=O)(=O)O.O=S(=O)(O)O. The van der Waals surface area contributed by atoms with Crippen LogP contribution in [0.5, 0.6) is 0 Å². The van der Waals surface area contributed by atoms with Crippen molar-refractivity contribution in [1.29, 1.82) is 0 Å². The zero-order valence-corrected chi connectivity index (χ0v) is 29.2. The van der Waals surface area contributed by atoms with Gasteiger partial charge in [0.05, 0.1) is 5.75 Å². The van der Waals surface area contributed by atoms with Crippen molar-refractivity contribution in [3.63, 3.8) is 0 Å². The Morgan fingerprint density at radius 1 is 0.951 bits per heavy atom. The van der Waals surface area contributed by atoms with Crippen LogP contribution < -0.4 is 5.73 Å². The second-order valence-electron chi connectivity index (χ2n) is 13.7. The molecule has 0 heterocycles. The average Bonchev–Trinajstić information content (AvgIpc) is 3.19. The van der Waals surface area contributed by atoms with Crippen molar-refractivity contribution in [2.45, 2.75) is 104 Å². The van der Waals surface area contributed by atoms with Crippen molar-refractivity contribution in [3.8, 4) is 0 Å². The minimum Gasteiger partial charge on any atom is -0.329 e. The predicted molar refractivity (Wildman–Crippen MR) is 159 cm³/mol. The molecule has 13 heteroatoms. The Balaban J connectivity index is 0.000000414. The molecule has 6 N–H and O–H groups in total. The number of hydrogen-bond acceptors (Lipinski definition) is 7. The monoisotopic (exact) mass is 633 g/mol. The molecule has 10 atom stereocenters. The van der Waals surface area contributed by atoms with E-state index >= 15 is 0 Å². The van der Waals surface area contributed by atoms with Gasteiger partial charge >= 0.3 is 202 Å². The zero-order chi connectivity index (χ0) is 31.4. The Labute approximate surface area is 265 Å². The van der Waals surface area contributed by atoms with Crippen LogP contribution in [0.15, 0.2) is 0 Å². The van der Waals surface area contributed by atoms with Gasteiger partial charge in [-0.3, -0.25) is 13.7 Å². The predicted octanol–water partition coefficient (Wildman–Crippen LogP) is 3.93. The molecule has 0 amide bonds. The normalized spacial score (nSPS) is 39.0. The Morgan fingerprint density at radius 2 is 1.54 bits per heavy atom. The van der Waals surface area contributed by atoms with Gasteiger partial charge in [-0.1, -0.05) is 6.42 Å². The fourth-order valence-corrected chi connectivity index (χ4v) is 10.4. The smallest absolute Gasteiger partial charge is 0.329 e. The molecule has 4 aliphatic rings. The van der Waals surface area contributed by atoms with Gasteiger partial charge in [0, 0.05) is 6.54 Å². The van der Waals surface area contributed by atoms with E-state index < -0.39 is 20.5 Å². The van der Waals surface area contributed by atoms with Gasteiger partial charge in [0.15, 0.2) is 0 Å². The van der Waals surface area contributed by atoms with Crippen molar-refractivity contribution in [1.82, 2.24) is 0 Å². The van der Waals surface area contributed by atoms with Crippen molar-refractivity contribution in [2.24, 2.45) is 58.0 Å².